The summed E-state index contributed by atoms with van der Waals surface area (Å²) in [6, 6.07) is 4.28. The van der Waals surface area contributed by atoms with Crippen molar-refractivity contribution in [2.45, 2.75) is 19.4 Å². The monoisotopic (exact) mass is 255 g/mol. The van der Waals surface area contributed by atoms with Crippen LogP contribution < -0.4 is 10.1 Å². The highest BCUT2D eigenvalue weighted by Gasteiger charge is 2.33. The number of hydrogen-bond donors (Lipinski definition) is 1. The lowest BCUT2D eigenvalue weighted by Crippen LogP contribution is -2.52. The fourth-order valence-electron chi connectivity index (χ4n) is 1.41. The fourth-order valence-corrected chi connectivity index (χ4v) is 1.41. The minimum Gasteiger partial charge on any atom is -0.491 e. The third-order valence-electron chi connectivity index (χ3n) is 2.85. The molecule has 0 amide bonds. The first-order chi connectivity index (χ1) is 8.42. The van der Waals surface area contributed by atoms with Crippen molar-refractivity contribution >= 4 is 5.97 Å². The van der Waals surface area contributed by atoms with Crippen molar-refractivity contribution in [3.63, 3.8) is 0 Å². The van der Waals surface area contributed by atoms with Gasteiger partial charge in [0.1, 0.15) is 23.7 Å². The van der Waals surface area contributed by atoms with Crippen LogP contribution in [0.1, 0.15) is 12.5 Å². The molecule has 0 radical (unpaired) electrons. The van der Waals surface area contributed by atoms with Crippen LogP contribution in [0.15, 0.2) is 18.2 Å². The summed E-state index contributed by atoms with van der Waals surface area (Å²) in [6.07, 6.45) is 0. The van der Waals surface area contributed by atoms with Gasteiger partial charge in [0.05, 0.1) is 7.11 Å². The molecule has 0 saturated carbocycles. The maximum atomic E-state index is 13.1. The highest BCUT2D eigenvalue weighted by atomic mass is 19.1. The number of methoxy groups -OCH3 is 1. The first kappa shape index (κ1) is 14.4. The first-order valence-corrected chi connectivity index (χ1v) is 5.59. The summed E-state index contributed by atoms with van der Waals surface area (Å²) in [4.78, 5) is 11.6. The summed E-state index contributed by atoms with van der Waals surface area (Å²) in [6.45, 7) is 3.53. The van der Waals surface area contributed by atoms with Gasteiger partial charge in [0, 0.05) is 6.07 Å². The van der Waals surface area contributed by atoms with Gasteiger partial charge in [-0.3, -0.25) is 0 Å². The lowest BCUT2D eigenvalue weighted by molar-refractivity contribution is -0.148. The molecular weight excluding hydrogens is 237 g/mol. The molecule has 5 heteroatoms. The van der Waals surface area contributed by atoms with Crippen LogP contribution in [0.2, 0.25) is 0 Å². The van der Waals surface area contributed by atoms with Crippen LogP contribution in [0, 0.1) is 12.7 Å². The highest BCUT2D eigenvalue weighted by Crippen LogP contribution is 2.20. The molecule has 18 heavy (non-hydrogen) atoms. The number of likely N-dealkylation sites (N-methyl/N-ethyl adjacent to an activating group) is 1. The highest BCUT2D eigenvalue weighted by molar-refractivity contribution is 5.80. The molecule has 0 heterocycles. The lowest BCUT2D eigenvalue weighted by Gasteiger charge is -2.26. The molecule has 1 aromatic carbocycles. The van der Waals surface area contributed by atoms with E-state index >= 15 is 0 Å². The molecular formula is C13H18FNO3. The van der Waals surface area contributed by atoms with Crippen molar-refractivity contribution in [1.29, 1.82) is 0 Å². The van der Waals surface area contributed by atoms with Gasteiger partial charge in [0.2, 0.25) is 0 Å². The second kappa shape index (κ2) is 5.82. The predicted molar refractivity (Wildman–Crippen MR) is 66.1 cm³/mol. The van der Waals surface area contributed by atoms with Crippen molar-refractivity contribution in [3.8, 4) is 5.75 Å². The van der Waals surface area contributed by atoms with Crippen molar-refractivity contribution in [2.24, 2.45) is 0 Å². The van der Waals surface area contributed by atoms with Crippen molar-refractivity contribution in [3.05, 3.63) is 29.6 Å². The van der Waals surface area contributed by atoms with Gasteiger partial charge < -0.3 is 14.8 Å². The third kappa shape index (κ3) is 3.20. The standard InChI is InChI=1S/C13H18FNO3/c1-9-5-6-10(14)7-11(9)18-8-13(2,15-3)12(16)17-4/h5-7,15H,8H2,1-4H3. The van der Waals surface area contributed by atoms with E-state index in [4.69, 9.17) is 9.47 Å². The number of carbonyl (C=O) groups is 1. The van der Waals surface area contributed by atoms with Crippen LogP contribution in [0.3, 0.4) is 0 Å². The number of hydrogen-bond acceptors (Lipinski definition) is 4. The van der Waals surface area contributed by atoms with Gasteiger partial charge in [-0.15, -0.1) is 0 Å². The smallest absolute Gasteiger partial charge is 0.329 e. The van der Waals surface area contributed by atoms with Gasteiger partial charge in [-0.25, -0.2) is 9.18 Å². The molecule has 0 aliphatic rings. The maximum Gasteiger partial charge on any atom is 0.329 e. The minimum absolute atomic E-state index is 0.0560. The summed E-state index contributed by atoms with van der Waals surface area (Å²) in [5, 5.41) is 2.84. The molecule has 1 N–H and O–H groups in total. The number of carbonyl (C=O) groups excluding carboxylic acids is 1. The molecule has 1 aromatic rings. The van der Waals surface area contributed by atoms with Crippen LogP contribution in [-0.4, -0.2) is 32.3 Å². The number of ether oxygens (including phenoxy) is 2. The fraction of sp³-hybridized carbons (Fsp3) is 0.462. The average Bonchev–Trinajstić information content (AvgIpc) is 2.38. The summed E-state index contributed by atoms with van der Waals surface area (Å²) in [5.74, 6) is -0.390. The first-order valence-electron chi connectivity index (χ1n) is 5.59. The van der Waals surface area contributed by atoms with E-state index in [1.165, 1.54) is 19.2 Å². The Morgan fingerprint density at radius 2 is 2.17 bits per heavy atom. The number of aryl methyl sites for hydroxylation is 1. The molecule has 0 spiro atoms. The second-order valence-electron chi connectivity index (χ2n) is 4.27. The van der Waals surface area contributed by atoms with E-state index < -0.39 is 11.5 Å². The van der Waals surface area contributed by atoms with E-state index in [0.717, 1.165) is 5.56 Å². The van der Waals surface area contributed by atoms with Gasteiger partial charge in [-0.05, 0) is 32.5 Å². The van der Waals surface area contributed by atoms with Gasteiger partial charge in [0.25, 0.3) is 0 Å². The van der Waals surface area contributed by atoms with E-state index in [-0.39, 0.29) is 12.4 Å². The van der Waals surface area contributed by atoms with E-state index in [2.05, 4.69) is 5.32 Å². The molecule has 0 fully saturated rings. The predicted octanol–water partition coefficient (Wildman–Crippen LogP) is 1.66. The maximum absolute atomic E-state index is 13.1. The van der Waals surface area contributed by atoms with E-state index in [1.807, 2.05) is 6.92 Å². The SMILES string of the molecule is CNC(C)(COc1cc(F)ccc1C)C(=O)OC. The van der Waals surface area contributed by atoms with Gasteiger partial charge >= 0.3 is 5.97 Å². The topological polar surface area (TPSA) is 47.6 Å². The number of halogens is 1. The van der Waals surface area contributed by atoms with Crippen LogP contribution in [0.25, 0.3) is 0 Å². The summed E-state index contributed by atoms with van der Waals surface area (Å²) < 4.78 is 23.3. The summed E-state index contributed by atoms with van der Waals surface area (Å²) in [7, 11) is 2.95. The van der Waals surface area contributed by atoms with Crippen molar-refractivity contribution < 1.29 is 18.7 Å². The Balaban J connectivity index is 2.80. The Morgan fingerprint density at radius 1 is 1.50 bits per heavy atom. The van der Waals surface area contributed by atoms with Crippen LogP contribution in [0.4, 0.5) is 4.39 Å². The molecule has 1 atom stereocenters. The molecule has 4 nitrogen and oxygen atoms in total. The number of benzene rings is 1. The van der Waals surface area contributed by atoms with E-state index in [1.54, 1.807) is 20.0 Å². The normalized spacial score (nSPS) is 13.8. The van der Waals surface area contributed by atoms with Gasteiger partial charge in [0.15, 0.2) is 0 Å². The van der Waals surface area contributed by atoms with Crippen molar-refractivity contribution in [1.82, 2.24) is 5.32 Å². The average molecular weight is 255 g/mol. The largest absolute Gasteiger partial charge is 0.491 e. The Bertz CT molecular complexity index is 436. The summed E-state index contributed by atoms with van der Waals surface area (Å²) >= 11 is 0. The van der Waals surface area contributed by atoms with Crippen molar-refractivity contribution in [2.75, 3.05) is 20.8 Å². The molecule has 1 rings (SSSR count). The second-order valence-corrected chi connectivity index (χ2v) is 4.27. The molecule has 0 aliphatic heterocycles. The van der Waals surface area contributed by atoms with E-state index in [0.29, 0.717) is 5.75 Å². The van der Waals surface area contributed by atoms with Crippen LogP contribution in [0.5, 0.6) is 5.75 Å². The summed E-state index contributed by atoms with van der Waals surface area (Å²) in [5.41, 5.74) is -0.159. The van der Waals surface area contributed by atoms with Crippen LogP contribution in [-0.2, 0) is 9.53 Å². The Kier molecular flexibility index (Phi) is 4.67. The molecule has 1 unspecified atom stereocenters. The van der Waals surface area contributed by atoms with Gasteiger partial charge in [-0.1, -0.05) is 6.07 Å². The zero-order valence-corrected chi connectivity index (χ0v) is 11.0. The zero-order valence-electron chi connectivity index (χ0n) is 11.0. The molecule has 0 aromatic heterocycles. The quantitative estimate of drug-likeness (QED) is 0.813. The molecule has 0 bridgehead atoms. The molecule has 100 valence electrons. The Labute approximate surface area is 106 Å². The number of rotatable bonds is 5. The minimum atomic E-state index is -0.965. The molecule has 0 aliphatic carbocycles. The number of nitrogens with one attached hydrogen (secondary N) is 1. The lowest BCUT2D eigenvalue weighted by atomic mass is 10.1. The van der Waals surface area contributed by atoms with Gasteiger partial charge in [-0.2, -0.15) is 0 Å². The zero-order chi connectivity index (χ0) is 13.8. The number of esters is 1. The molecule has 0 saturated heterocycles. The van der Waals surface area contributed by atoms with Crippen LogP contribution >= 0.6 is 0 Å². The Hall–Kier alpha value is -1.62. The Morgan fingerprint density at radius 3 is 2.72 bits per heavy atom. The van der Waals surface area contributed by atoms with E-state index in [9.17, 15) is 9.18 Å². The third-order valence-corrected chi connectivity index (χ3v) is 2.85.